The molecule has 2 fully saturated rings. The van der Waals surface area contributed by atoms with Gasteiger partial charge < -0.3 is 15.4 Å². The summed E-state index contributed by atoms with van der Waals surface area (Å²) in [4.78, 5) is 11.8. The van der Waals surface area contributed by atoms with Crippen molar-refractivity contribution < 1.29 is 17.9 Å². The summed E-state index contributed by atoms with van der Waals surface area (Å²) in [6.07, 6.45) is 3.97. The first-order chi connectivity index (χ1) is 10.1. The average Bonchev–Trinajstić information content (AvgIpc) is 2.72. The molecule has 1 saturated carbocycles. The molecule has 0 aromatic rings. The van der Waals surface area contributed by atoms with Gasteiger partial charge in [0.25, 0.3) is 0 Å². The number of sulfone groups is 1. The van der Waals surface area contributed by atoms with Gasteiger partial charge in [-0.1, -0.05) is 0 Å². The second-order valence-corrected chi connectivity index (χ2v) is 9.70. The Hall–Kier alpha value is -0.820. The van der Waals surface area contributed by atoms with Crippen LogP contribution in [0.1, 0.15) is 52.9 Å². The Balaban J connectivity index is 1.75. The molecular formula is C15H28N2O4S. The Labute approximate surface area is 133 Å². The first-order valence-corrected chi connectivity index (χ1v) is 9.91. The normalized spacial score (nSPS) is 31.7. The second-order valence-electron chi connectivity index (χ2n) is 7.47. The molecule has 7 heteroatoms. The van der Waals surface area contributed by atoms with Crippen molar-refractivity contribution >= 4 is 15.9 Å². The number of hydrogen-bond donors (Lipinski definition) is 2. The molecule has 0 bridgehead atoms. The predicted molar refractivity (Wildman–Crippen MR) is 85.6 cm³/mol. The van der Waals surface area contributed by atoms with E-state index in [9.17, 15) is 13.2 Å². The highest BCUT2D eigenvalue weighted by atomic mass is 32.2. The maximum absolute atomic E-state index is 11.8. The summed E-state index contributed by atoms with van der Waals surface area (Å²) in [6.45, 7) is 5.53. The molecule has 2 aliphatic rings. The average molecular weight is 332 g/mol. The lowest BCUT2D eigenvalue weighted by Crippen LogP contribution is -2.45. The monoisotopic (exact) mass is 332 g/mol. The van der Waals surface area contributed by atoms with Crippen molar-refractivity contribution in [3.05, 3.63) is 0 Å². The number of nitrogens with one attached hydrogen (secondary N) is 2. The van der Waals surface area contributed by atoms with Crippen molar-refractivity contribution in [1.29, 1.82) is 0 Å². The van der Waals surface area contributed by atoms with Gasteiger partial charge >= 0.3 is 6.09 Å². The number of amides is 1. The maximum Gasteiger partial charge on any atom is 0.407 e. The molecular weight excluding hydrogens is 304 g/mol. The van der Waals surface area contributed by atoms with Gasteiger partial charge in [-0.2, -0.15) is 0 Å². The summed E-state index contributed by atoms with van der Waals surface area (Å²) in [6, 6.07) is 0.440. The smallest absolute Gasteiger partial charge is 0.407 e. The van der Waals surface area contributed by atoms with E-state index in [1.165, 1.54) is 0 Å². The van der Waals surface area contributed by atoms with Gasteiger partial charge in [0, 0.05) is 18.1 Å². The third-order valence-corrected chi connectivity index (χ3v) is 5.91. The second kappa shape index (κ2) is 6.74. The molecule has 0 aromatic heterocycles. The highest BCUT2D eigenvalue weighted by molar-refractivity contribution is 7.91. The summed E-state index contributed by atoms with van der Waals surface area (Å²) in [5.74, 6) is 0.562. The van der Waals surface area contributed by atoms with E-state index in [-0.39, 0.29) is 30.0 Å². The first-order valence-electron chi connectivity index (χ1n) is 8.09. The lowest BCUT2D eigenvalue weighted by Gasteiger charge is -2.26. The highest BCUT2D eigenvalue weighted by Crippen LogP contribution is 2.22. The van der Waals surface area contributed by atoms with E-state index >= 15 is 0 Å². The van der Waals surface area contributed by atoms with Crippen molar-refractivity contribution in [3.8, 4) is 0 Å². The Kier molecular flexibility index (Phi) is 5.37. The zero-order valence-corrected chi connectivity index (χ0v) is 14.5. The topological polar surface area (TPSA) is 84.5 Å². The van der Waals surface area contributed by atoms with Gasteiger partial charge in [0.2, 0.25) is 0 Å². The maximum atomic E-state index is 11.8. The molecule has 22 heavy (non-hydrogen) atoms. The SMILES string of the molecule is CC(C)(C)OC(=O)NC1CCC(NC2CCCS(=O)(=O)C2)C1. The Morgan fingerprint density at radius 1 is 1.09 bits per heavy atom. The molecule has 3 unspecified atom stereocenters. The van der Waals surface area contributed by atoms with Crippen molar-refractivity contribution in [2.75, 3.05) is 11.5 Å². The van der Waals surface area contributed by atoms with E-state index in [1.807, 2.05) is 20.8 Å². The van der Waals surface area contributed by atoms with Crippen LogP contribution < -0.4 is 10.6 Å². The van der Waals surface area contributed by atoms with Crippen LogP contribution in [0.5, 0.6) is 0 Å². The van der Waals surface area contributed by atoms with Crippen LogP contribution >= 0.6 is 0 Å². The molecule has 1 saturated heterocycles. The van der Waals surface area contributed by atoms with Crippen molar-refractivity contribution in [1.82, 2.24) is 10.6 Å². The van der Waals surface area contributed by atoms with Crippen LogP contribution in [0.3, 0.4) is 0 Å². The van der Waals surface area contributed by atoms with Crippen LogP contribution in [0.2, 0.25) is 0 Å². The van der Waals surface area contributed by atoms with E-state index in [0.29, 0.717) is 5.75 Å². The Bertz CT molecular complexity index is 498. The summed E-state index contributed by atoms with van der Waals surface area (Å²) < 4.78 is 28.6. The minimum absolute atomic E-state index is 0.0593. The lowest BCUT2D eigenvalue weighted by atomic mass is 10.1. The lowest BCUT2D eigenvalue weighted by molar-refractivity contribution is 0.0505. The molecule has 0 spiro atoms. The van der Waals surface area contributed by atoms with E-state index in [2.05, 4.69) is 10.6 Å². The molecule has 6 nitrogen and oxygen atoms in total. The first kappa shape index (κ1) is 17.5. The molecule has 0 aromatic carbocycles. The van der Waals surface area contributed by atoms with Gasteiger partial charge in [-0.05, 0) is 52.9 Å². The zero-order chi connectivity index (χ0) is 16.4. The van der Waals surface area contributed by atoms with Crippen molar-refractivity contribution in [2.24, 2.45) is 0 Å². The fourth-order valence-electron chi connectivity index (χ4n) is 3.23. The molecule has 128 valence electrons. The van der Waals surface area contributed by atoms with E-state index in [0.717, 1.165) is 32.1 Å². The molecule has 1 heterocycles. The Morgan fingerprint density at radius 3 is 2.41 bits per heavy atom. The van der Waals surface area contributed by atoms with Gasteiger partial charge in [0.05, 0.1) is 11.5 Å². The van der Waals surface area contributed by atoms with Crippen LogP contribution in [0.15, 0.2) is 0 Å². The van der Waals surface area contributed by atoms with Crippen LogP contribution in [0, 0.1) is 0 Å². The van der Waals surface area contributed by atoms with Gasteiger partial charge in [-0.15, -0.1) is 0 Å². The number of carbonyl (C=O) groups excluding carboxylic acids is 1. The van der Waals surface area contributed by atoms with E-state index < -0.39 is 15.4 Å². The highest BCUT2D eigenvalue weighted by Gasteiger charge is 2.31. The van der Waals surface area contributed by atoms with E-state index in [1.54, 1.807) is 0 Å². The molecule has 2 rings (SSSR count). The molecule has 1 aliphatic carbocycles. The Morgan fingerprint density at radius 2 is 1.77 bits per heavy atom. The van der Waals surface area contributed by atoms with Crippen LogP contribution in [0.25, 0.3) is 0 Å². The third-order valence-electron chi connectivity index (χ3n) is 4.09. The summed E-state index contributed by atoms with van der Waals surface area (Å²) in [5, 5.41) is 6.35. The minimum Gasteiger partial charge on any atom is -0.444 e. The van der Waals surface area contributed by atoms with Gasteiger partial charge in [-0.25, -0.2) is 13.2 Å². The molecule has 2 N–H and O–H groups in total. The van der Waals surface area contributed by atoms with Crippen LogP contribution in [-0.2, 0) is 14.6 Å². The number of hydrogen-bond acceptors (Lipinski definition) is 5. The summed E-state index contributed by atoms with van der Waals surface area (Å²) in [7, 11) is -2.88. The quantitative estimate of drug-likeness (QED) is 0.820. The summed E-state index contributed by atoms with van der Waals surface area (Å²) >= 11 is 0. The fourth-order valence-corrected chi connectivity index (χ4v) is 4.87. The standard InChI is InChI=1S/C15H28N2O4S/c1-15(2,3)21-14(18)17-12-7-6-11(9-12)16-13-5-4-8-22(19,20)10-13/h11-13,16H,4-10H2,1-3H3,(H,17,18). The number of ether oxygens (including phenoxy) is 1. The molecule has 1 aliphatic heterocycles. The minimum atomic E-state index is -2.88. The van der Waals surface area contributed by atoms with Gasteiger partial charge in [-0.3, -0.25) is 0 Å². The van der Waals surface area contributed by atoms with Crippen LogP contribution in [0.4, 0.5) is 4.79 Å². The largest absolute Gasteiger partial charge is 0.444 e. The molecule has 1 amide bonds. The predicted octanol–water partition coefficient (Wildman–Crippen LogP) is 1.60. The van der Waals surface area contributed by atoms with E-state index in [4.69, 9.17) is 4.74 Å². The third kappa shape index (κ3) is 5.76. The number of rotatable bonds is 3. The molecule has 3 atom stereocenters. The fraction of sp³-hybridized carbons (Fsp3) is 0.933. The zero-order valence-electron chi connectivity index (χ0n) is 13.7. The summed E-state index contributed by atoms with van der Waals surface area (Å²) in [5.41, 5.74) is -0.489. The molecule has 0 radical (unpaired) electrons. The van der Waals surface area contributed by atoms with Gasteiger partial charge in [0.1, 0.15) is 5.60 Å². The number of carbonyl (C=O) groups is 1. The number of alkyl carbamates (subject to hydrolysis) is 1. The van der Waals surface area contributed by atoms with Crippen molar-refractivity contribution in [3.63, 3.8) is 0 Å². The van der Waals surface area contributed by atoms with Gasteiger partial charge in [0.15, 0.2) is 9.84 Å². The van der Waals surface area contributed by atoms with Crippen molar-refractivity contribution in [2.45, 2.75) is 76.6 Å². The van der Waals surface area contributed by atoms with Crippen LogP contribution in [-0.4, -0.2) is 49.7 Å².